The van der Waals surface area contributed by atoms with Crippen molar-refractivity contribution in [3.63, 3.8) is 0 Å². The normalized spacial score (nSPS) is 22.1. The van der Waals surface area contributed by atoms with Crippen LogP contribution in [0.25, 0.3) is 0 Å². The lowest BCUT2D eigenvalue weighted by Gasteiger charge is -2.37. The summed E-state index contributed by atoms with van der Waals surface area (Å²) in [5.74, 6) is -0.219. The smallest absolute Gasteiger partial charge is 0.255 e. The van der Waals surface area contributed by atoms with Crippen LogP contribution in [-0.4, -0.2) is 47.3 Å². The fraction of sp³-hybridized carbons (Fsp3) is 0.429. The molecule has 2 amide bonds. The molecule has 4 nitrogen and oxygen atoms in total. The summed E-state index contributed by atoms with van der Waals surface area (Å²) in [6.45, 7) is 1.74. The van der Waals surface area contributed by atoms with Crippen molar-refractivity contribution < 1.29 is 14.0 Å². The number of hydrogen-bond donors (Lipinski definition) is 0. The Kier molecular flexibility index (Phi) is 3.66. The maximum atomic E-state index is 13.1. The van der Waals surface area contributed by atoms with Gasteiger partial charge >= 0.3 is 0 Å². The molecule has 0 radical (unpaired) electrons. The predicted octanol–water partition coefficient (Wildman–Crippen LogP) is 1.88. The van der Waals surface area contributed by atoms with Crippen molar-refractivity contribution in [2.24, 2.45) is 0 Å². The quantitative estimate of drug-likeness (QED) is 0.690. The number of benzene rings is 1. The molecule has 6 heteroatoms. The minimum Gasteiger partial charge on any atom is -0.336 e. The number of carbonyl (C=O) groups is 2. The lowest BCUT2D eigenvalue weighted by molar-refractivity contribution is -0.130. The molecular weight excluding hydrogens is 374 g/mol. The predicted molar refractivity (Wildman–Crippen MR) is 79.8 cm³/mol. The van der Waals surface area contributed by atoms with Gasteiger partial charge in [-0.15, -0.1) is 0 Å². The Morgan fingerprint density at radius 1 is 1.35 bits per heavy atom. The van der Waals surface area contributed by atoms with Gasteiger partial charge in [0.05, 0.1) is 5.56 Å². The van der Waals surface area contributed by atoms with E-state index in [1.165, 1.54) is 18.2 Å². The third kappa shape index (κ3) is 2.41. The van der Waals surface area contributed by atoms with Crippen LogP contribution < -0.4 is 0 Å². The zero-order valence-electron chi connectivity index (χ0n) is 10.8. The molecule has 0 spiro atoms. The van der Waals surface area contributed by atoms with Crippen molar-refractivity contribution in [2.75, 3.05) is 19.6 Å². The summed E-state index contributed by atoms with van der Waals surface area (Å²) in [6.07, 6.45) is 1.41. The minimum absolute atomic E-state index is 0.0756. The molecule has 106 valence electrons. The first kappa shape index (κ1) is 13.8. The van der Waals surface area contributed by atoms with Crippen molar-refractivity contribution in [3.05, 3.63) is 33.1 Å². The standard InChI is InChI=1S/C14H14FIN2O2/c15-9-1-3-11(12(16)7-9)14(20)17-5-6-18-10(8-17)2-4-13(18)19/h1,3,7,10H,2,4-6,8H2. The molecule has 2 heterocycles. The highest BCUT2D eigenvalue weighted by Gasteiger charge is 2.37. The Bertz CT molecular complexity index is 578. The number of carbonyl (C=O) groups excluding carboxylic acids is 2. The summed E-state index contributed by atoms with van der Waals surface area (Å²) in [5.41, 5.74) is 0.532. The van der Waals surface area contributed by atoms with Gasteiger partial charge < -0.3 is 9.80 Å². The third-order valence-corrected chi connectivity index (χ3v) is 4.84. The lowest BCUT2D eigenvalue weighted by Crippen LogP contribution is -2.53. The number of halogens is 2. The number of hydrogen-bond acceptors (Lipinski definition) is 2. The van der Waals surface area contributed by atoms with Gasteiger partial charge in [-0.3, -0.25) is 9.59 Å². The van der Waals surface area contributed by atoms with Gasteiger partial charge in [0.25, 0.3) is 5.91 Å². The van der Waals surface area contributed by atoms with Crippen LogP contribution in [0.15, 0.2) is 18.2 Å². The van der Waals surface area contributed by atoms with Crippen LogP contribution in [-0.2, 0) is 4.79 Å². The molecule has 2 saturated heterocycles. The molecule has 0 aliphatic carbocycles. The fourth-order valence-corrected chi connectivity index (χ4v) is 3.59. The van der Waals surface area contributed by atoms with Crippen LogP contribution in [0.2, 0.25) is 0 Å². The van der Waals surface area contributed by atoms with Gasteiger partial charge in [-0.2, -0.15) is 0 Å². The average molecular weight is 388 g/mol. The van der Waals surface area contributed by atoms with E-state index in [0.29, 0.717) is 35.2 Å². The molecule has 2 aliphatic heterocycles. The van der Waals surface area contributed by atoms with Crippen molar-refractivity contribution in [1.82, 2.24) is 9.80 Å². The maximum Gasteiger partial charge on any atom is 0.255 e. The van der Waals surface area contributed by atoms with Crippen molar-refractivity contribution in [3.8, 4) is 0 Å². The van der Waals surface area contributed by atoms with Crippen molar-refractivity contribution in [1.29, 1.82) is 0 Å². The monoisotopic (exact) mass is 388 g/mol. The highest BCUT2D eigenvalue weighted by molar-refractivity contribution is 14.1. The van der Waals surface area contributed by atoms with Gasteiger partial charge in [-0.25, -0.2) is 4.39 Å². The van der Waals surface area contributed by atoms with Crippen LogP contribution in [0.5, 0.6) is 0 Å². The zero-order valence-corrected chi connectivity index (χ0v) is 13.0. The molecule has 20 heavy (non-hydrogen) atoms. The van der Waals surface area contributed by atoms with E-state index < -0.39 is 0 Å². The Morgan fingerprint density at radius 3 is 2.90 bits per heavy atom. The van der Waals surface area contributed by atoms with E-state index in [0.717, 1.165) is 6.42 Å². The first-order valence-electron chi connectivity index (χ1n) is 6.60. The third-order valence-electron chi connectivity index (χ3n) is 3.94. The average Bonchev–Trinajstić information content (AvgIpc) is 2.79. The van der Waals surface area contributed by atoms with Gasteiger partial charge in [-0.05, 0) is 47.2 Å². The van der Waals surface area contributed by atoms with Crippen LogP contribution >= 0.6 is 22.6 Å². The van der Waals surface area contributed by atoms with Crippen molar-refractivity contribution in [2.45, 2.75) is 18.9 Å². The van der Waals surface area contributed by atoms with E-state index in [9.17, 15) is 14.0 Å². The summed E-state index contributed by atoms with van der Waals surface area (Å²) in [7, 11) is 0. The Balaban J connectivity index is 1.77. The summed E-state index contributed by atoms with van der Waals surface area (Å²) < 4.78 is 13.7. The van der Waals surface area contributed by atoms with Crippen LogP contribution in [0.1, 0.15) is 23.2 Å². The van der Waals surface area contributed by atoms with Crippen molar-refractivity contribution >= 4 is 34.4 Å². The Hall–Kier alpha value is -1.18. The highest BCUT2D eigenvalue weighted by Crippen LogP contribution is 2.24. The summed E-state index contributed by atoms with van der Waals surface area (Å²) in [5, 5.41) is 0. The van der Waals surface area contributed by atoms with Crippen LogP contribution in [0.3, 0.4) is 0 Å². The SMILES string of the molecule is O=C(c1ccc(F)cc1I)N1CCN2C(=O)CCC2C1. The number of amides is 2. The van der Waals surface area contributed by atoms with Gasteiger partial charge in [-0.1, -0.05) is 0 Å². The highest BCUT2D eigenvalue weighted by atomic mass is 127. The Labute approximate surface area is 130 Å². The van der Waals surface area contributed by atoms with Gasteiger partial charge in [0.15, 0.2) is 0 Å². The summed E-state index contributed by atoms with van der Waals surface area (Å²) >= 11 is 1.98. The molecule has 2 fully saturated rings. The van der Waals surface area contributed by atoms with E-state index >= 15 is 0 Å². The second-order valence-corrected chi connectivity index (χ2v) is 6.32. The second kappa shape index (κ2) is 5.31. The molecule has 0 saturated carbocycles. The molecule has 1 aromatic carbocycles. The van der Waals surface area contributed by atoms with Crippen LogP contribution in [0, 0.1) is 9.39 Å². The topological polar surface area (TPSA) is 40.6 Å². The second-order valence-electron chi connectivity index (χ2n) is 5.15. The molecule has 2 aliphatic rings. The van der Waals surface area contributed by atoms with Gasteiger partial charge in [0.2, 0.25) is 5.91 Å². The lowest BCUT2D eigenvalue weighted by atomic mass is 10.1. The first-order chi connectivity index (χ1) is 9.56. The molecule has 0 bridgehead atoms. The largest absolute Gasteiger partial charge is 0.336 e. The van der Waals surface area contributed by atoms with E-state index in [1.807, 2.05) is 27.5 Å². The zero-order chi connectivity index (χ0) is 14.3. The number of piperazine rings is 1. The van der Waals surface area contributed by atoms with E-state index in [4.69, 9.17) is 0 Å². The molecule has 0 N–H and O–H groups in total. The number of fused-ring (bicyclic) bond motifs is 1. The molecular formula is C14H14FIN2O2. The summed E-state index contributed by atoms with van der Waals surface area (Å²) in [6, 6.07) is 4.36. The van der Waals surface area contributed by atoms with E-state index in [-0.39, 0.29) is 23.7 Å². The molecule has 1 unspecified atom stereocenters. The molecule has 1 atom stereocenters. The van der Waals surface area contributed by atoms with Gasteiger partial charge in [0, 0.05) is 35.7 Å². The molecule has 0 aromatic heterocycles. The summed E-state index contributed by atoms with van der Waals surface area (Å²) in [4.78, 5) is 27.8. The maximum absolute atomic E-state index is 13.1. The van der Waals surface area contributed by atoms with Gasteiger partial charge in [0.1, 0.15) is 5.82 Å². The number of rotatable bonds is 1. The first-order valence-corrected chi connectivity index (χ1v) is 7.68. The minimum atomic E-state index is -0.336. The van der Waals surface area contributed by atoms with E-state index in [1.54, 1.807) is 4.90 Å². The fourth-order valence-electron chi connectivity index (χ4n) is 2.88. The van der Waals surface area contributed by atoms with Crippen LogP contribution in [0.4, 0.5) is 4.39 Å². The molecule has 1 aromatic rings. The Morgan fingerprint density at radius 2 is 2.15 bits per heavy atom. The molecule has 3 rings (SSSR count). The number of nitrogens with zero attached hydrogens (tertiary/aromatic N) is 2. The van der Waals surface area contributed by atoms with E-state index in [2.05, 4.69) is 0 Å².